The van der Waals surface area contributed by atoms with E-state index < -0.39 is 23.1 Å². The van der Waals surface area contributed by atoms with Crippen LogP contribution in [-0.2, 0) is 5.60 Å². The molecule has 4 nitrogen and oxygen atoms in total. The Bertz CT molecular complexity index is 1010. The van der Waals surface area contributed by atoms with Crippen LogP contribution in [0.15, 0.2) is 30.6 Å². The standard InChI is InChI=1S/C21H22F3N3O/c1-11-9-27(3)10-12(2)21(11,28)19-15(22)6-13(7-16(19)23)14-4-5-25-20-18(14)17(24)8-26-20/h4-8,11-12,28H,9-10H2,1-3H3,(H,25,26)/t11-,12+,21?. The molecule has 0 spiro atoms. The smallest absolute Gasteiger partial charge is 0.150 e. The van der Waals surface area contributed by atoms with Crippen LogP contribution < -0.4 is 0 Å². The lowest BCUT2D eigenvalue weighted by Crippen LogP contribution is -2.54. The highest BCUT2D eigenvalue weighted by molar-refractivity contribution is 5.93. The summed E-state index contributed by atoms with van der Waals surface area (Å²) < 4.78 is 44.5. The molecule has 3 atom stereocenters. The summed E-state index contributed by atoms with van der Waals surface area (Å²) in [5.74, 6) is -2.92. The molecule has 0 amide bonds. The number of pyridine rings is 1. The number of H-pyrrole nitrogens is 1. The maximum Gasteiger partial charge on any atom is 0.150 e. The molecule has 2 N–H and O–H groups in total. The van der Waals surface area contributed by atoms with Gasteiger partial charge >= 0.3 is 0 Å². The third-order valence-corrected chi connectivity index (χ3v) is 5.95. The summed E-state index contributed by atoms with van der Waals surface area (Å²) in [6.45, 7) is 4.64. The minimum Gasteiger partial charge on any atom is -0.384 e. The predicted octanol–water partition coefficient (Wildman–Crippen LogP) is 4.05. The van der Waals surface area contributed by atoms with Crippen LogP contribution >= 0.6 is 0 Å². The molecule has 1 aliphatic heterocycles. The van der Waals surface area contributed by atoms with Crippen LogP contribution in [-0.4, -0.2) is 40.1 Å². The van der Waals surface area contributed by atoms with Crippen LogP contribution in [0.1, 0.15) is 19.4 Å². The molecule has 1 aromatic carbocycles. The van der Waals surface area contributed by atoms with Gasteiger partial charge in [-0.15, -0.1) is 0 Å². The Morgan fingerprint density at radius 3 is 2.32 bits per heavy atom. The number of hydrogen-bond donors (Lipinski definition) is 2. The number of rotatable bonds is 2. The van der Waals surface area contributed by atoms with E-state index in [1.54, 1.807) is 13.8 Å². The van der Waals surface area contributed by atoms with Gasteiger partial charge < -0.3 is 15.0 Å². The fourth-order valence-electron chi connectivity index (χ4n) is 4.64. The van der Waals surface area contributed by atoms with E-state index in [1.165, 1.54) is 12.3 Å². The second-order valence-corrected chi connectivity index (χ2v) is 7.88. The lowest BCUT2D eigenvalue weighted by Gasteiger charge is -2.47. The third kappa shape index (κ3) is 2.72. The van der Waals surface area contributed by atoms with Gasteiger partial charge in [-0.2, -0.15) is 0 Å². The Morgan fingerprint density at radius 2 is 1.71 bits per heavy atom. The van der Waals surface area contributed by atoms with Gasteiger partial charge in [0.2, 0.25) is 0 Å². The van der Waals surface area contributed by atoms with Crippen molar-refractivity contribution in [2.75, 3.05) is 20.1 Å². The number of hydrogen-bond acceptors (Lipinski definition) is 3. The van der Waals surface area contributed by atoms with E-state index in [0.717, 1.165) is 18.3 Å². The molecule has 2 aromatic heterocycles. The number of nitrogens with one attached hydrogen (secondary N) is 1. The van der Waals surface area contributed by atoms with Crippen molar-refractivity contribution in [2.24, 2.45) is 11.8 Å². The molecular weight excluding hydrogens is 367 g/mol. The molecule has 1 aliphatic rings. The van der Waals surface area contributed by atoms with E-state index in [1.807, 2.05) is 11.9 Å². The zero-order valence-corrected chi connectivity index (χ0v) is 15.9. The van der Waals surface area contributed by atoms with Crippen LogP contribution in [0.5, 0.6) is 0 Å². The van der Waals surface area contributed by atoms with Crippen molar-refractivity contribution in [3.8, 4) is 11.1 Å². The van der Waals surface area contributed by atoms with E-state index in [4.69, 9.17) is 0 Å². The fraction of sp³-hybridized carbons (Fsp3) is 0.381. The maximum absolute atomic E-state index is 15.2. The molecule has 1 saturated heterocycles. The fourth-order valence-corrected chi connectivity index (χ4v) is 4.64. The lowest BCUT2D eigenvalue weighted by atomic mass is 9.70. The molecule has 3 heterocycles. The minimum atomic E-state index is -1.62. The number of benzene rings is 1. The number of fused-ring (bicyclic) bond motifs is 1. The van der Waals surface area contributed by atoms with Crippen molar-refractivity contribution in [3.05, 3.63) is 53.6 Å². The van der Waals surface area contributed by atoms with Crippen LogP contribution in [0.2, 0.25) is 0 Å². The van der Waals surface area contributed by atoms with Crippen LogP contribution in [0.3, 0.4) is 0 Å². The number of halogens is 3. The molecule has 7 heteroatoms. The largest absolute Gasteiger partial charge is 0.384 e. The second-order valence-electron chi connectivity index (χ2n) is 7.88. The molecule has 0 bridgehead atoms. The monoisotopic (exact) mass is 389 g/mol. The van der Waals surface area contributed by atoms with E-state index in [2.05, 4.69) is 9.97 Å². The topological polar surface area (TPSA) is 52.1 Å². The Hall–Kier alpha value is -2.38. The number of aromatic nitrogens is 2. The number of likely N-dealkylation sites (tertiary alicyclic amines) is 1. The summed E-state index contributed by atoms with van der Waals surface area (Å²) in [6.07, 6.45) is 2.61. The molecule has 0 aliphatic carbocycles. The molecular formula is C21H22F3N3O. The normalized spacial score (nSPS) is 26.1. The highest BCUT2D eigenvalue weighted by Gasteiger charge is 2.48. The average molecular weight is 389 g/mol. The highest BCUT2D eigenvalue weighted by atomic mass is 19.1. The summed E-state index contributed by atoms with van der Waals surface area (Å²) in [5, 5.41) is 11.5. The Morgan fingerprint density at radius 1 is 1.11 bits per heavy atom. The summed E-state index contributed by atoms with van der Waals surface area (Å²) >= 11 is 0. The average Bonchev–Trinajstić information content (AvgIpc) is 3.00. The summed E-state index contributed by atoms with van der Waals surface area (Å²) in [6, 6.07) is 3.84. The van der Waals surface area contributed by atoms with Crippen molar-refractivity contribution < 1.29 is 18.3 Å². The van der Waals surface area contributed by atoms with Gasteiger partial charge in [-0.3, -0.25) is 0 Å². The first-order valence-corrected chi connectivity index (χ1v) is 9.25. The van der Waals surface area contributed by atoms with E-state index in [0.29, 0.717) is 24.3 Å². The van der Waals surface area contributed by atoms with Gasteiger partial charge in [0, 0.05) is 37.3 Å². The molecule has 1 unspecified atom stereocenters. The third-order valence-electron chi connectivity index (χ3n) is 5.95. The molecule has 4 rings (SSSR count). The van der Waals surface area contributed by atoms with Crippen LogP contribution in [0, 0.1) is 29.3 Å². The second kappa shape index (κ2) is 6.60. The Kier molecular flexibility index (Phi) is 4.47. The molecule has 148 valence electrons. The lowest BCUT2D eigenvalue weighted by molar-refractivity contribution is -0.112. The van der Waals surface area contributed by atoms with Crippen molar-refractivity contribution in [1.29, 1.82) is 0 Å². The molecule has 3 aromatic rings. The Balaban J connectivity index is 1.87. The number of piperidine rings is 1. The zero-order chi connectivity index (χ0) is 20.2. The van der Waals surface area contributed by atoms with Gasteiger partial charge in [-0.25, -0.2) is 18.2 Å². The van der Waals surface area contributed by atoms with E-state index >= 15 is 8.78 Å². The van der Waals surface area contributed by atoms with Crippen molar-refractivity contribution in [1.82, 2.24) is 14.9 Å². The molecule has 0 saturated carbocycles. The van der Waals surface area contributed by atoms with E-state index in [9.17, 15) is 9.50 Å². The van der Waals surface area contributed by atoms with Crippen molar-refractivity contribution in [2.45, 2.75) is 19.4 Å². The number of aliphatic hydroxyl groups is 1. The summed E-state index contributed by atoms with van der Waals surface area (Å²) in [5.41, 5.74) is -1.10. The molecule has 28 heavy (non-hydrogen) atoms. The minimum absolute atomic E-state index is 0.175. The van der Waals surface area contributed by atoms with Gasteiger partial charge in [0.05, 0.1) is 10.9 Å². The predicted molar refractivity (Wildman–Crippen MR) is 101 cm³/mol. The van der Waals surface area contributed by atoms with Crippen molar-refractivity contribution >= 4 is 11.0 Å². The number of nitrogens with zero attached hydrogens (tertiary/aromatic N) is 2. The number of aromatic amines is 1. The van der Waals surface area contributed by atoms with Gasteiger partial charge in [-0.1, -0.05) is 13.8 Å². The molecule has 0 radical (unpaired) electrons. The molecule has 1 fully saturated rings. The van der Waals surface area contributed by atoms with E-state index in [-0.39, 0.29) is 28.3 Å². The quantitative estimate of drug-likeness (QED) is 0.695. The first kappa shape index (κ1) is 19.0. The van der Waals surface area contributed by atoms with Crippen molar-refractivity contribution in [3.63, 3.8) is 0 Å². The SMILES string of the molecule is C[C@@H]1CN(C)C[C@H](C)C1(O)c1c(F)cc(-c2ccnc3[nH]cc(F)c23)cc1F. The van der Waals surface area contributed by atoms with Crippen LogP contribution in [0.4, 0.5) is 13.2 Å². The zero-order valence-electron chi connectivity index (χ0n) is 15.9. The highest BCUT2D eigenvalue weighted by Crippen LogP contribution is 2.44. The van der Waals surface area contributed by atoms with Gasteiger partial charge in [0.15, 0.2) is 5.82 Å². The van der Waals surface area contributed by atoms with Gasteiger partial charge in [-0.05, 0) is 36.4 Å². The Labute approximate surface area is 161 Å². The summed E-state index contributed by atoms with van der Waals surface area (Å²) in [7, 11) is 1.92. The first-order chi connectivity index (χ1) is 13.2. The van der Waals surface area contributed by atoms with Crippen LogP contribution in [0.25, 0.3) is 22.2 Å². The van der Waals surface area contributed by atoms with Gasteiger partial charge in [0.25, 0.3) is 0 Å². The summed E-state index contributed by atoms with van der Waals surface area (Å²) in [4.78, 5) is 8.77. The maximum atomic E-state index is 15.2. The first-order valence-electron chi connectivity index (χ1n) is 9.25. The van der Waals surface area contributed by atoms with Gasteiger partial charge in [0.1, 0.15) is 22.9 Å².